The molecule has 18 heavy (non-hydrogen) atoms. The molecular formula is C12H19N5O. The molecule has 1 fully saturated rings. The van der Waals surface area contributed by atoms with Crippen molar-refractivity contribution < 1.29 is 4.79 Å². The molecule has 0 bridgehead atoms. The van der Waals surface area contributed by atoms with Gasteiger partial charge in [-0.15, -0.1) is 0 Å². The van der Waals surface area contributed by atoms with E-state index in [1.165, 1.54) is 0 Å². The smallest absolute Gasteiger partial charge is 0.222 e. The second-order valence-electron chi connectivity index (χ2n) is 4.39. The Kier molecular flexibility index (Phi) is 3.96. The highest BCUT2D eigenvalue weighted by atomic mass is 16.1. The molecule has 2 rings (SSSR count). The second-order valence-corrected chi connectivity index (χ2v) is 4.39. The summed E-state index contributed by atoms with van der Waals surface area (Å²) < 4.78 is 0. The number of hydrogen-bond donors (Lipinski definition) is 2. The molecule has 1 aliphatic heterocycles. The van der Waals surface area contributed by atoms with Gasteiger partial charge in [0, 0.05) is 33.1 Å². The third-order valence-corrected chi connectivity index (χ3v) is 3.31. The van der Waals surface area contributed by atoms with Gasteiger partial charge in [-0.1, -0.05) is 0 Å². The van der Waals surface area contributed by atoms with Crippen LogP contribution < -0.4 is 15.5 Å². The second kappa shape index (κ2) is 5.66. The van der Waals surface area contributed by atoms with Gasteiger partial charge in [-0.2, -0.15) is 0 Å². The standard InChI is InChI=1S/C12H19N5O/c1-13-10-7-15-8-11(16-10)17-5-3-9(4-6-17)12(18)14-2/h7-9H,3-6H2,1-2H3,(H,13,16)(H,14,18). The minimum Gasteiger partial charge on any atom is -0.372 e. The fraction of sp³-hybridized carbons (Fsp3) is 0.583. The molecule has 1 amide bonds. The van der Waals surface area contributed by atoms with E-state index in [4.69, 9.17) is 0 Å². The van der Waals surface area contributed by atoms with E-state index in [2.05, 4.69) is 25.5 Å². The van der Waals surface area contributed by atoms with Crippen LogP contribution in [0.3, 0.4) is 0 Å². The third kappa shape index (κ3) is 2.69. The lowest BCUT2D eigenvalue weighted by molar-refractivity contribution is -0.125. The molecular weight excluding hydrogens is 230 g/mol. The minimum atomic E-state index is 0.131. The van der Waals surface area contributed by atoms with E-state index >= 15 is 0 Å². The number of anilines is 2. The minimum absolute atomic E-state index is 0.131. The predicted octanol–water partition coefficient (Wildman–Crippen LogP) is 0.481. The normalized spacial score (nSPS) is 16.4. The number of piperidine rings is 1. The molecule has 2 N–H and O–H groups in total. The number of carbonyl (C=O) groups excluding carboxylic acids is 1. The number of aromatic nitrogens is 2. The monoisotopic (exact) mass is 249 g/mol. The van der Waals surface area contributed by atoms with Crippen molar-refractivity contribution in [3.05, 3.63) is 12.4 Å². The summed E-state index contributed by atoms with van der Waals surface area (Å²) in [7, 11) is 3.52. The maximum atomic E-state index is 11.5. The Balaban J connectivity index is 1.98. The molecule has 1 aliphatic rings. The van der Waals surface area contributed by atoms with Crippen LogP contribution in [0.1, 0.15) is 12.8 Å². The Bertz CT molecular complexity index is 415. The summed E-state index contributed by atoms with van der Waals surface area (Å²) in [6.45, 7) is 1.69. The van der Waals surface area contributed by atoms with Crippen LogP contribution in [0.2, 0.25) is 0 Å². The van der Waals surface area contributed by atoms with E-state index in [9.17, 15) is 4.79 Å². The fourth-order valence-electron chi connectivity index (χ4n) is 2.20. The van der Waals surface area contributed by atoms with Crippen LogP contribution in [-0.4, -0.2) is 43.1 Å². The topological polar surface area (TPSA) is 70.2 Å². The van der Waals surface area contributed by atoms with Crippen LogP contribution in [0.25, 0.3) is 0 Å². The van der Waals surface area contributed by atoms with Crippen LogP contribution in [0.15, 0.2) is 12.4 Å². The predicted molar refractivity (Wildman–Crippen MR) is 70.6 cm³/mol. The highest BCUT2D eigenvalue weighted by Gasteiger charge is 2.24. The molecule has 0 radical (unpaired) electrons. The molecule has 0 spiro atoms. The van der Waals surface area contributed by atoms with Gasteiger partial charge in [-0.3, -0.25) is 9.78 Å². The molecule has 0 aliphatic carbocycles. The largest absolute Gasteiger partial charge is 0.372 e. The molecule has 0 unspecified atom stereocenters. The summed E-state index contributed by atoms with van der Waals surface area (Å²) in [6.07, 6.45) is 5.19. The zero-order valence-electron chi connectivity index (χ0n) is 10.8. The van der Waals surface area contributed by atoms with Crippen LogP contribution in [0, 0.1) is 5.92 Å². The molecule has 0 atom stereocenters. The van der Waals surface area contributed by atoms with Crippen molar-refractivity contribution in [2.24, 2.45) is 5.92 Å². The number of rotatable bonds is 3. The third-order valence-electron chi connectivity index (χ3n) is 3.31. The van der Waals surface area contributed by atoms with Crippen LogP contribution in [-0.2, 0) is 4.79 Å². The van der Waals surface area contributed by atoms with Crippen molar-refractivity contribution >= 4 is 17.5 Å². The summed E-state index contributed by atoms with van der Waals surface area (Å²) >= 11 is 0. The van der Waals surface area contributed by atoms with Gasteiger partial charge in [-0.05, 0) is 12.8 Å². The molecule has 6 nitrogen and oxygen atoms in total. The van der Waals surface area contributed by atoms with Gasteiger partial charge in [0.25, 0.3) is 0 Å². The van der Waals surface area contributed by atoms with Crippen molar-refractivity contribution in [3.8, 4) is 0 Å². The van der Waals surface area contributed by atoms with Gasteiger partial charge in [0.1, 0.15) is 11.6 Å². The lowest BCUT2D eigenvalue weighted by atomic mass is 9.96. The van der Waals surface area contributed by atoms with Crippen molar-refractivity contribution in [1.82, 2.24) is 15.3 Å². The first-order valence-corrected chi connectivity index (χ1v) is 6.21. The average Bonchev–Trinajstić information content (AvgIpc) is 2.46. The number of hydrogen-bond acceptors (Lipinski definition) is 5. The highest BCUT2D eigenvalue weighted by Crippen LogP contribution is 2.22. The Labute approximate surface area is 107 Å². The molecule has 6 heteroatoms. The van der Waals surface area contributed by atoms with E-state index in [0.717, 1.165) is 37.6 Å². The maximum absolute atomic E-state index is 11.5. The summed E-state index contributed by atoms with van der Waals surface area (Å²) in [5, 5.41) is 5.69. The lowest BCUT2D eigenvalue weighted by Crippen LogP contribution is -2.40. The molecule has 0 aromatic carbocycles. The summed E-state index contributed by atoms with van der Waals surface area (Å²) in [6, 6.07) is 0. The molecule has 1 aromatic heterocycles. The van der Waals surface area contributed by atoms with Crippen molar-refractivity contribution in [2.75, 3.05) is 37.4 Å². The van der Waals surface area contributed by atoms with Crippen LogP contribution >= 0.6 is 0 Å². The zero-order chi connectivity index (χ0) is 13.0. The quantitative estimate of drug-likeness (QED) is 0.815. The first-order chi connectivity index (χ1) is 8.74. The Morgan fingerprint density at radius 1 is 1.33 bits per heavy atom. The molecule has 98 valence electrons. The van der Waals surface area contributed by atoms with Crippen molar-refractivity contribution in [1.29, 1.82) is 0 Å². The van der Waals surface area contributed by atoms with Crippen molar-refractivity contribution in [3.63, 3.8) is 0 Å². The van der Waals surface area contributed by atoms with E-state index in [1.54, 1.807) is 19.4 Å². The van der Waals surface area contributed by atoms with Gasteiger partial charge in [-0.25, -0.2) is 4.98 Å². The van der Waals surface area contributed by atoms with E-state index in [1.807, 2.05) is 7.05 Å². The Hall–Kier alpha value is -1.85. The first kappa shape index (κ1) is 12.6. The maximum Gasteiger partial charge on any atom is 0.222 e. The number of carbonyl (C=O) groups is 1. The number of amides is 1. The summed E-state index contributed by atoms with van der Waals surface area (Å²) in [5.74, 6) is 1.91. The first-order valence-electron chi connectivity index (χ1n) is 6.21. The van der Waals surface area contributed by atoms with Crippen molar-refractivity contribution in [2.45, 2.75) is 12.8 Å². The molecule has 0 saturated carbocycles. The SMILES string of the molecule is CNC(=O)C1CCN(c2cncc(NC)n2)CC1. The van der Waals surface area contributed by atoms with Crippen LogP contribution in [0.5, 0.6) is 0 Å². The number of nitrogens with one attached hydrogen (secondary N) is 2. The Morgan fingerprint density at radius 2 is 2.06 bits per heavy atom. The van der Waals surface area contributed by atoms with Gasteiger partial charge < -0.3 is 15.5 Å². The van der Waals surface area contributed by atoms with Gasteiger partial charge in [0.05, 0.1) is 12.4 Å². The van der Waals surface area contributed by atoms with Crippen LogP contribution in [0.4, 0.5) is 11.6 Å². The fourth-order valence-corrected chi connectivity index (χ4v) is 2.20. The van der Waals surface area contributed by atoms with Gasteiger partial charge in [0.2, 0.25) is 5.91 Å². The van der Waals surface area contributed by atoms with Gasteiger partial charge in [0.15, 0.2) is 0 Å². The molecule has 1 aromatic rings. The van der Waals surface area contributed by atoms with E-state index in [0.29, 0.717) is 0 Å². The average molecular weight is 249 g/mol. The zero-order valence-corrected chi connectivity index (χ0v) is 10.8. The lowest BCUT2D eigenvalue weighted by Gasteiger charge is -2.31. The summed E-state index contributed by atoms with van der Waals surface area (Å²) in [4.78, 5) is 22.3. The van der Waals surface area contributed by atoms with E-state index < -0.39 is 0 Å². The molecule has 1 saturated heterocycles. The highest BCUT2D eigenvalue weighted by molar-refractivity contribution is 5.78. The van der Waals surface area contributed by atoms with E-state index in [-0.39, 0.29) is 11.8 Å². The molecule has 2 heterocycles. The number of nitrogens with zero attached hydrogens (tertiary/aromatic N) is 3. The van der Waals surface area contributed by atoms with Gasteiger partial charge >= 0.3 is 0 Å². The summed E-state index contributed by atoms with van der Waals surface area (Å²) in [5.41, 5.74) is 0. The Morgan fingerprint density at radius 3 is 2.67 bits per heavy atom.